The van der Waals surface area contributed by atoms with Gasteiger partial charge in [-0.2, -0.15) is 16.3 Å². The van der Waals surface area contributed by atoms with E-state index in [-0.39, 0.29) is 12.5 Å². The Morgan fingerprint density at radius 3 is 3.00 bits per heavy atom. The van der Waals surface area contributed by atoms with Crippen molar-refractivity contribution in [2.75, 3.05) is 12.8 Å². The molecule has 0 spiro atoms. The van der Waals surface area contributed by atoms with Crippen molar-refractivity contribution in [3.05, 3.63) is 44.1 Å². The third-order valence-electron chi connectivity index (χ3n) is 2.89. The van der Waals surface area contributed by atoms with Gasteiger partial charge in [0.05, 0.1) is 11.7 Å². The molecule has 1 atom stereocenters. The molecule has 0 aromatic carbocycles. The fourth-order valence-corrected chi connectivity index (χ4v) is 3.17. The molecule has 3 N–H and O–H groups in total. The molecule has 0 fully saturated rings. The predicted molar refractivity (Wildman–Crippen MR) is 83.0 cm³/mol. The van der Waals surface area contributed by atoms with Gasteiger partial charge in [-0.3, -0.25) is 4.79 Å². The Morgan fingerprint density at radius 1 is 1.62 bits per heavy atom. The van der Waals surface area contributed by atoms with E-state index in [1.54, 1.807) is 13.2 Å². The maximum Gasteiger partial charge on any atom is 0.346 e. The summed E-state index contributed by atoms with van der Waals surface area (Å²) in [6.45, 7) is 1.75. The predicted octanol–water partition coefficient (Wildman–Crippen LogP) is 1.33. The molecule has 0 aliphatic heterocycles. The first-order valence-corrected chi connectivity index (χ1v) is 8.33. The Balaban J connectivity index is 2.12. The second-order valence-corrected chi connectivity index (χ2v) is 5.91. The van der Waals surface area contributed by atoms with Crippen molar-refractivity contribution in [3.63, 3.8) is 0 Å². The van der Waals surface area contributed by atoms with E-state index in [4.69, 9.17) is 0 Å². The van der Waals surface area contributed by atoms with E-state index in [0.717, 1.165) is 5.56 Å². The SMILES string of the molecule is CSc1nc(=O)[nH]c(C)c1C(=O)NCC(O)c1ccsc1. The van der Waals surface area contributed by atoms with Crippen LogP contribution in [0.25, 0.3) is 0 Å². The van der Waals surface area contributed by atoms with Crippen molar-refractivity contribution in [1.82, 2.24) is 15.3 Å². The molecule has 2 heterocycles. The summed E-state index contributed by atoms with van der Waals surface area (Å²) in [6.07, 6.45) is 0.993. The van der Waals surface area contributed by atoms with E-state index in [0.29, 0.717) is 16.3 Å². The maximum absolute atomic E-state index is 12.2. The Labute approximate surface area is 129 Å². The van der Waals surface area contributed by atoms with E-state index < -0.39 is 11.8 Å². The summed E-state index contributed by atoms with van der Waals surface area (Å²) < 4.78 is 0. The number of hydrogen-bond acceptors (Lipinski definition) is 6. The number of amides is 1. The van der Waals surface area contributed by atoms with Gasteiger partial charge in [0.2, 0.25) is 0 Å². The number of aliphatic hydroxyl groups is 1. The summed E-state index contributed by atoms with van der Waals surface area (Å²) in [6, 6.07) is 1.81. The first-order chi connectivity index (χ1) is 10.0. The minimum absolute atomic E-state index is 0.0992. The highest BCUT2D eigenvalue weighted by molar-refractivity contribution is 7.98. The van der Waals surface area contributed by atoms with E-state index >= 15 is 0 Å². The van der Waals surface area contributed by atoms with Gasteiger partial charge >= 0.3 is 5.69 Å². The van der Waals surface area contributed by atoms with Gasteiger partial charge in [-0.25, -0.2) is 4.79 Å². The molecule has 6 nitrogen and oxygen atoms in total. The van der Waals surface area contributed by atoms with Crippen LogP contribution in [0.4, 0.5) is 0 Å². The number of aliphatic hydroxyl groups excluding tert-OH is 1. The zero-order chi connectivity index (χ0) is 15.4. The molecule has 2 rings (SSSR count). The van der Waals surface area contributed by atoms with E-state index in [9.17, 15) is 14.7 Å². The normalized spacial score (nSPS) is 12.1. The molecule has 8 heteroatoms. The minimum Gasteiger partial charge on any atom is -0.387 e. The highest BCUT2D eigenvalue weighted by Crippen LogP contribution is 2.19. The van der Waals surface area contributed by atoms with Gasteiger partial charge < -0.3 is 15.4 Å². The number of aromatic nitrogens is 2. The third kappa shape index (κ3) is 3.72. The summed E-state index contributed by atoms with van der Waals surface area (Å²) in [7, 11) is 0. The molecule has 1 amide bonds. The average Bonchev–Trinajstić information content (AvgIpc) is 2.97. The van der Waals surface area contributed by atoms with Crippen molar-refractivity contribution in [3.8, 4) is 0 Å². The molecular weight excluding hydrogens is 310 g/mol. The lowest BCUT2D eigenvalue weighted by Gasteiger charge is -2.13. The van der Waals surface area contributed by atoms with Gasteiger partial charge in [0, 0.05) is 12.2 Å². The number of nitrogens with zero attached hydrogens (tertiary/aromatic N) is 1. The van der Waals surface area contributed by atoms with Crippen LogP contribution in [0.2, 0.25) is 0 Å². The highest BCUT2D eigenvalue weighted by Gasteiger charge is 2.18. The fourth-order valence-electron chi connectivity index (χ4n) is 1.83. The zero-order valence-electron chi connectivity index (χ0n) is 11.5. The van der Waals surface area contributed by atoms with Gasteiger partial charge in [0.1, 0.15) is 5.03 Å². The molecule has 0 saturated heterocycles. The Hall–Kier alpha value is -1.64. The number of rotatable bonds is 5. The van der Waals surface area contributed by atoms with Crippen molar-refractivity contribution < 1.29 is 9.90 Å². The Morgan fingerprint density at radius 2 is 2.38 bits per heavy atom. The number of thiophene rings is 1. The van der Waals surface area contributed by atoms with Crippen molar-refractivity contribution >= 4 is 29.0 Å². The fraction of sp³-hybridized carbons (Fsp3) is 0.308. The Bertz CT molecular complexity index is 682. The number of H-pyrrole nitrogens is 1. The molecule has 2 aromatic rings. The van der Waals surface area contributed by atoms with Gasteiger partial charge in [0.25, 0.3) is 5.91 Å². The number of carbonyl (C=O) groups is 1. The van der Waals surface area contributed by atoms with Gasteiger partial charge in [-0.05, 0) is 35.6 Å². The molecule has 21 heavy (non-hydrogen) atoms. The molecule has 1 unspecified atom stereocenters. The topological polar surface area (TPSA) is 95.1 Å². The Kier molecular flexibility index (Phi) is 5.16. The summed E-state index contributed by atoms with van der Waals surface area (Å²) >= 11 is 2.71. The van der Waals surface area contributed by atoms with Crippen LogP contribution in [0.3, 0.4) is 0 Å². The van der Waals surface area contributed by atoms with Crippen LogP contribution in [0.15, 0.2) is 26.6 Å². The van der Waals surface area contributed by atoms with Crippen LogP contribution < -0.4 is 11.0 Å². The standard InChI is InChI=1S/C13H15N3O3S2/c1-7-10(12(20-2)16-13(19)15-7)11(18)14-5-9(17)8-3-4-21-6-8/h3-4,6,9,17H,5H2,1-2H3,(H,14,18)(H,15,16,19). The van der Waals surface area contributed by atoms with Crippen LogP contribution in [0, 0.1) is 6.92 Å². The number of aromatic amines is 1. The smallest absolute Gasteiger partial charge is 0.346 e. The van der Waals surface area contributed by atoms with Gasteiger partial charge in [-0.15, -0.1) is 11.8 Å². The molecule has 112 valence electrons. The maximum atomic E-state index is 12.2. The second-order valence-electron chi connectivity index (χ2n) is 4.33. The first kappa shape index (κ1) is 15.7. The van der Waals surface area contributed by atoms with Crippen molar-refractivity contribution in [2.45, 2.75) is 18.1 Å². The monoisotopic (exact) mass is 325 g/mol. The average molecular weight is 325 g/mol. The summed E-state index contributed by atoms with van der Waals surface area (Å²) in [4.78, 5) is 29.8. The third-order valence-corrected chi connectivity index (χ3v) is 4.27. The van der Waals surface area contributed by atoms with Gasteiger partial charge in [0.15, 0.2) is 0 Å². The van der Waals surface area contributed by atoms with E-state index in [1.807, 2.05) is 16.8 Å². The number of aryl methyl sites for hydroxylation is 1. The number of nitrogens with one attached hydrogen (secondary N) is 2. The zero-order valence-corrected chi connectivity index (χ0v) is 13.2. The molecule has 0 bridgehead atoms. The van der Waals surface area contributed by atoms with Crippen molar-refractivity contribution in [2.24, 2.45) is 0 Å². The summed E-state index contributed by atoms with van der Waals surface area (Å²) in [5.41, 5.74) is 1.08. The molecule has 0 saturated carbocycles. The van der Waals surface area contributed by atoms with E-state index in [2.05, 4.69) is 15.3 Å². The summed E-state index contributed by atoms with van der Waals surface area (Å²) in [5, 5.41) is 16.7. The highest BCUT2D eigenvalue weighted by atomic mass is 32.2. The van der Waals surface area contributed by atoms with Crippen LogP contribution >= 0.6 is 23.1 Å². The second kappa shape index (κ2) is 6.88. The number of thioether (sulfide) groups is 1. The van der Waals surface area contributed by atoms with Crippen LogP contribution in [-0.4, -0.2) is 33.8 Å². The van der Waals surface area contributed by atoms with Crippen molar-refractivity contribution in [1.29, 1.82) is 0 Å². The molecule has 2 aromatic heterocycles. The number of hydrogen-bond donors (Lipinski definition) is 3. The molecule has 0 aliphatic rings. The first-order valence-electron chi connectivity index (χ1n) is 6.16. The van der Waals surface area contributed by atoms with Crippen LogP contribution in [0.1, 0.15) is 27.7 Å². The molecular formula is C13H15N3O3S2. The molecule has 0 radical (unpaired) electrons. The molecule has 0 aliphatic carbocycles. The van der Waals surface area contributed by atoms with Crippen LogP contribution in [0.5, 0.6) is 0 Å². The lowest BCUT2D eigenvalue weighted by molar-refractivity contribution is 0.0911. The van der Waals surface area contributed by atoms with E-state index in [1.165, 1.54) is 23.1 Å². The number of carbonyl (C=O) groups excluding carboxylic acids is 1. The van der Waals surface area contributed by atoms with Gasteiger partial charge in [-0.1, -0.05) is 0 Å². The van der Waals surface area contributed by atoms with Crippen LogP contribution in [-0.2, 0) is 0 Å². The minimum atomic E-state index is -0.756. The quantitative estimate of drug-likeness (QED) is 0.569. The lowest BCUT2D eigenvalue weighted by atomic mass is 10.2. The summed E-state index contributed by atoms with van der Waals surface area (Å²) in [5.74, 6) is -0.366. The lowest BCUT2D eigenvalue weighted by Crippen LogP contribution is -2.31. The largest absolute Gasteiger partial charge is 0.387 e.